The largest absolute Gasteiger partial charge is 0.495 e. The topological polar surface area (TPSA) is 129 Å². The summed E-state index contributed by atoms with van der Waals surface area (Å²) >= 11 is 7.29. The molecule has 35 heavy (non-hydrogen) atoms. The molecule has 0 saturated carbocycles. The number of nitro groups is 1. The van der Waals surface area contributed by atoms with Gasteiger partial charge in [0.15, 0.2) is 0 Å². The number of H-pyrrole nitrogens is 1. The standard InChI is InChI=1S/C23H25ClN4O6S/c1-12(2)14-10-18(33-5)15(24)11-16(14)27-21(30)25-26-22(27)35-19-8-7-13(9-17(19)28(31)32)23(3,4)20(29)34-6/h7-12H,1-6H3,(H,25,30). The molecule has 1 heterocycles. The number of methoxy groups -OCH3 is 2. The summed E-state index contributed by atoms with van der Waals surface area (Å²) in [6, 6.07) is 7.83. The number of nitrogens with zero attached hydrogens (tertiary/aromatic N) is 3. The van der Waals surface area contributed by atoms with Crippen molar-refractivity contribution in [1.82, 2.24) is 14.8 Å². The van der Waals surface area contributed by atoms with Gasteiger partial charge in [0.25, 0.3) is 5.69 Å². The molecule has 0 unspecified atom stereocenters. The highest BCUT2D eigenvalue weighted by molar-refractivity contribution is 7.99. The molecular formula is C23H25ClN4O6S. The average molecular weight is 521 g/mol. The molecule has 10 nitrogen and oxygen atoms in total. The van der Waals surface area contributed by atoms with Crippen molar-refractivity contribution in [2.24, 2.45) is 0 Å². The second-order valence-corrected chi connectivity index (χ2v) is 9.92. The number of aromatic amines is 1. The number of hydrogen-bond donors (Lipinski definition) is 1. The van der Waals surface area contributed by atoms with Gasteiger partial charge in [0, 0.05) is 6.07 Å². The second kappa shape index (κ2) is 10.1. The first-order valence-corrected chi connectivity index (χ1v) is 11.7. The summed E-state index contributed by atoms with van der Waals surface area (Å²) < 4.78 is 11.5. The smallest absolute Gasteiger partial charge is 0.348 e. The van der Waals surface area contributed by atoms with E-state index in [2.05, 4.69) is 10.2 Å². The molecule has 3 aromatic rings. The van der Waals surface area contributed by atoms with Gasteiger partial charge in [-0.2, -0.15) is 0 Å². The number of benzene rings is 2. The van der Waals surface area contributed by atoms with Gasteiger partial charge in [0.2, 0.25) is 5.16 Å². The number of esters is 1. The van der Waals surface area contributed by atoms with Crippen LogP contribution >= 0.6 is 23.4 Å². The molecule has 2 aromatic carbocycles. The van der Waals surface area contributed by atoms with Gasteiger partial charge in [0.1, 0.15) is 5.75 Å². The SMILES string of the molecule is COC(=O)C(C)(C)c1ccc(Sc2n[nH]c(=O)n2-c2cc(Cl)c(OC)cc2C(C)C)c([N+](=O)[O-])c1. The zero-order chi connectivity index (χ0) is 26.1. The number of carbonyl (C=O) groups excluding carboxylic acids is 1. The summed E-state index contributed by atoms with van der Waals surface area (Å²) in [6.45, 7) is 7.15. The lowest BCUT2D eigenvalue weighted by Gasteiger charge is -2.22. The van der Waals surface area contributed by atoms with Gasteiger partial charge in [-0.15, -0.1) is 5.10 Å². The summed E-state index contributed by atoms with van der Waals surface area (Å²) in [4.78, 5) is 36.5. The van der Waals surface area contributed by atoms with E-state index < -0.39 is 22.0 Å². The fourth-order valence-corrected chi connectivity index (χ4v) is 4.71. The van der Waals surface area contributed by atoms with Crippen LogP contribution in [0.5, 0.6) is 5.75 Å². The molecule has 1 aromatic heterocycles. The Bertz CT molecular complexity index is 1350. The van der Waals surface area contributed by atoms with Crippen LogP contribution in [0.3, 0.4) is 0 Å². The molecule has 1 N–H and O–H groups in total. The molecule has 0 atom stereocenters. The molecule has 0 amide bonds. The Morgan fingerprint density at radius 1 is 1.26 bits per heavy atom. The summed E-state index contributed by atoms with van der Waals surface area (Å²) in [5, 5.41) is 18.9. The molecule has 0 saturated heterocycles. The zero-order valence-corrected chi connectivity index (χ0v) is 21.6. The number of halogens is 1. The maximum absolute atomic E-state index is 12.8. The quantitative estimate of drug-likeness (QED) is 0.253. The summed E-state index contributed by atoms with van der Waals surface area (Å²) in [7, 11) is 2.76. The van der Waals surface area contributed by atoms with Crippen LogP contribution in [0.15, 0.2) is 45.2 Å². The van der Waals surface area contributed by atoms with Crippen molar-refractivity contribution in [3.05, 3.63) is 67.1 Å². The fourth-order valence-electron chi connectivity index (χ4n) is 3.54. The first-order valence-electron chi connectivity index (χ1n) is 10.5. The lowest BCUT2D eigenvalue weighted by Crippen LogP contribution is -2.30. The summed E-state index contributed by atoms with van der Waals surface area (Å²) in [5.74, 6) is -0.0553. The van der Waals surface area contributed by atoms with Crippen LogP contribution in [-0.2, 0) is 14.9 Å². The fraction of sp³-hybridized carbons (Fsp3) is 0.348. The van der Waals surface area contributed by atoms with Gasteiger partial charge in [-0.3, -0.25) is 14.9 Å². The van der Waals surface area contributed by atoms with Crippen LogP contribution in [0.2, 0.25) is 5.02 Å². The van der Waals surface area contributed by atoms with E-state index in [-0.39, 0.29) is 21.7 Å². The number of aromatic nitrogens is 3. The highest BCUT2D eigenvalue weighted by atomic mass is 35.5. The number of carbonyl (C=O) groups is 1. The molecular weight excluding hydrogens is 496 g/mol. The number of hydrogen-bond acceptors (Lipinski definition) is 8. The van der Waals surface area contributed by atoms with Gasteiger partial charge in [-0.05, 0) is 60.9 Å². The highest BCUT2D eigenvalue weighted by Crippen LogP contribution is 2.39. The number of rotatable bonds is 8. The van der Waals surface area contributed by atoms with E-state index in [1.54, 1.807) is 32.0 Å². The Morgan fingerprint density at radius 3 is 2.51 bits per heavy atom. The number of ether oxygens (including phenoxy) is 2. The van der Waals surface area contributed by atoms with Crippen LogP contribution in [-0.4, -0.2) is 39.9 Å². The molecule has 0 bridgehead atoms. The zero-order valence-electron chi connectivity index (χ0n) is 20.0. The van der Waals surface area contributed by atoms with Gasteiger partial charge < -0.3 is 9.47 Å². The Kier molecular flexibility index (Phi) is 7.61. The van der Waals surface area contributed by atoms with Crippen molar-refractivity contribution in [2.75, 3.05) is 14.2 Å². The summed E-state index contributed by atoms with van der Waals surface area (Å²) in [5.41, 5.74) is -0.170. The molecule has 0 spiro atoms. The van der Waals surface area contributed by atoms with Crippen molar-refractivity contribution < 1.29 is 19.2 Å². The first kappa shape index (κ1) is 26.3. The lowest BCUT2D eigenvalue weighted by atomic mass is 9.84. The highest BCUT2D eigenvalue weighted by Gasteiger charge is 2.33. The van der Waals surface area contributed by atoms with Crippen molar-refractivity contribution in [3.8, 4) is 11.4 Å². The Labute approximate surface area is 210 Å². The van der Waals surface area contributed by atoms with E-state index in [9.17, 15) is 19.7 Å². The van der Waals surface area contributed by atoms with Crippen LogP contribution in [0.1, 0.15) is 44.7 Å². The predicted molar refractivity (Wildman–Crippen MR) is 132 cm³/mol. The van der Waals surface area contributed by atoms with E-state index in [0.717, 1.165) is 17.3 Å². The Hall–Kier alpha value is -3.31. The van der Waals surface area contributed by atoms with Crippen molar-refractivity contribution >= 4 is 35.0 Å². The van der Waals surface area contributed by atoms with Crippen molar-refractivity contribution in [3.63, 3.8) is 0 Å². The molecule has 12 heteroatoms. The third-order valence-electron chi connectivity index (χ3n) is 5.58. The molecule has 186 valence electrons. The summed E-state index contributed by atoms with van der Waals surface area (Å²) in [6.07, 6.45) is 0. The Morgan fingerprint density at radius 2 is 1.94 bits per heavy atom. The van der Waals surface area contributed by atoms with E-state index in [4.69, 9.17) is 21.1 Å². The second-order valence-electron chi connectivity index (χ2n) is 8.51. The number of nitro benzene ring substituents is 1. The Balaban J connectivity index is 2.14. The molecule has 3 rings (SSSR count). The van der Waals surface area contributed by atoms with Crippen molar-refractivity contribution in [1.29, 1.82) is 0 Å². The average Bonchev–Trinajstić information content (AvgIpc) is 3.17. The van der Waals surface area contributed by atoms with Crippen LogP contribution < -0.4 is 10.4 Å². The first-order chi connectivity index (χ1) is 16.4. The number of nitrogens with one attached hydrogen (secondary N) is 1. The normalized spacial score (nSPS) is 11.5. The lowest BCUT2D eigenvalue weighted by molar-refractivity contribution is -0.387. The van der Waals surface area contributed by atoms with E-state index >= 15 is 0 Å². The minimum absolute atomic E-state index is 0.00462. The molecule has 0 aliphatic heterocycles. The van der Waals surface area contributed by atoms with Crippen LogP contribution in [0.4, 0.5) is 5.69 Å². The van der Waals surface area contributed by atoms with Crippen molar-refractivity contribution in [2.45, 2.75) is 49.1 Å². The van der Waals surface area contributed by atoms with Gasteiger partial charge >= 0.3 is 11.7 Å². The van der Waals surface area contributed by atoms with Gasteiger partial charge in [-0.1, -0.05) is 31.5 Å². The maximum Gasteiger partial charge on any atom is 0.348 e. The minimum atomic E-state index is -1.09. The third kappa shape index (κ3) is 5.06. The maximum atomic E-state index is 12.8. The monoisotopic (exact) mass is 520 g/mol. The van der Waals surface area contributed by atoms with E-state index in [1.165, 1.54) is 30.9 Å². The molecule has 0 radical (unpaired) electrons. The van der Waals surface area contributed by atoms with E-state index in [0.29, 0.717) is 22.0 Å². The van der Waals surface area contributed by atoms with Gasteiger partial charge in [-0.25, -0.2) is 14.5 Å². The molecule has 0 aliphatic carbocycles. The predicted octanol–water partition coefficient (Wildman–Crippen LogP) is 4.86. The van der Waals surface area contributed by atoms with Gasteiger partial charge in [0.05, 0.1) is 40.2 Å². The minimum Gasteiger partial charge on any atom is -0.495 e. The van der Waals surface area contributed by atoms with Crippen LogP contribution in [0, 0.1) is 10.1 Å². The molecule has 0 fully saturated rings. The molecule has 0 aliphatic rings. The van der Waals surface area contributed by atoms with E-state index in [1.807, 2.05) is 13.8 Å². The van der Waals surface area contributed by atoms with Crippen LogP contribution in [0.25, 0.3) is 5.69 Å². The third-order valence-corrected chi connectivity index (χ3v) is 6.90.